The number of nitrogens with one attached hydrogen (secondary N) is 1. The van der Waals surface area contributed by atoms with Crippen LogP contribution in [0.3, 0.4) is 0 Å². The highest BCUT2D eigenvalue weighted by molar-refractivity contribution is 9.10. The molecule has 1 saturated heterocycles. The molecular weight excluding hydrogens is 594 g/mol. The summed E-state index contributed by atoms with van der Waals surface area (Å²) in [7, 11) is 0. The molecule has 4 aromatic rings. The van der Waals surface area contributed by atoms with E-state index in [4.69, 9.17) is 24.1 Å². The van der Waals surface area contributed by atoms with Crippen LogP contribution in [0.25, 0.3) is 10.9 Å². The van der Waals surface area contributed by atoms with E-state index in [0.717, 1.165) is 22.0 Å². The molecule has 10 heteroatoms. The fourth-order valence-electron chi connectivity index (χ4n) is 4.95. The summed E-state index contributed by atoms with van der Waals surface area (Å²) in [6.45, 7) is 5.37. The largest absolute Gasteiger partial charge is 0.490 e. The molecule has 1 aliphatic heterocycles. The van der Waals surface area contributed by atoms with Gasteiger partial charge in [0.05, 0.1) is 12.2 Å². The molecule has 0 bridgehead atoms. The molecule has 0 spiro atoms. The van der Waals surface area contributed by atoms with E-state index < -0.39 is 35.5 Å². The number of hydrogen-bond donors (Lipinski definition) is 2. The summed E-state index contributed by atoms with van der Waals surface area (Å²) in [6, 6.07) is 17.5. The molecule has 3 aromatic carbocycles. The Balaban J connectivity index is 1.57. The molecule has 0 unspecified atom stereocenters. The first-order chi connectivity index (χ1) is 19.6. The quantitative estimate of drug-likeness (QED) is 0.167. The minimum atomic E-state index is -1.37. The van der Waals surface area contributed by atoms with Crippen molar-refractivity contribution in [3.05, 3.63) is 93.6 Å². The molecule has 1 atom stereocenters. The van der Waals surface area contributed by atoms with Gasteiger partial charge in [-0.1, -0.05) is 46.3 Å². The van der Waals surface area contributed by atoms with Gasteiger partial charge in [0, 0.05) is 41.3 Å². The zero-order valence-electron chi connectivity index (χ0n) is 22.6. The van der Waals surface area contributed by atoms with Crippen molar-refractivity contribution in [1.29, 1.82) is 0 Å². The number of halogens is 1. The summed E-state index contributed by atoms with van der Waals surface area (Å²) in [5.74, 6) is -4.96. The summed E-state index contributed by atoms with van der Waals surface area (Å²) < 4.78 is 23.6. The van der Waals surface area contributed by atoms with Crippen molar-refractivity contribution < 1.29 is 38.4 Å². The van der Waals surface area contributed by atoms with Gasteiger partial charge in [-0.25, -0.2) is 4.79 Å². The fraction of sp³-hybridized carbons (Fsp3) is 0.258. The first-order valence-electron chi connectivity index (χ1n) is 13.0. The van der Waals surface area contributed by atoms with Gasteiger partial charge in [0.15, 0.2) is 17.4 Å². The molecule has 9 nitrogen and oxygen atoms in total. The third-order valence-corrected chi connectivity index (χ3v) is 7.47. The summed E-state index contributed by atoms with van der Waals surface area (Å²) >= 11 is 3.65. The Hall–Kier alpha value is -4.31. The average molecular weight is 622 g/mol. The molecule has 0 amide bonds. The minimum Gasteiger partial charge on any atom is -0.490 e. The second-order valence-electron chi connectivity index (χ2n) is 10.0. The van der Waals surface area contributed by atoms with E-state index in [2.05, 4.69) is 20.9 Å². The van der Waals surface area contributed by atoms with Crippen LogP contribution >= 0.6 is 15.9 Å². The Morgan fingerprint density at radius 1 is 1.00 bits per heavy atom. The van der Waals surface area contributed by atoms with Crippen molar-refractivity contribution in [1.82, 2.24) is 4.98 Å². The lowest BCUT2D eigenvalue weighted by Crippen LogP contribution is -2.48. The first kappa shape index (κ1) is 28.2. The number of cyclic esters (lactones) is 2. The third-order valence-electron chi connectivity index (χ3n) is 6.78. The Kier molecular flexibility index (Phi) is 7.77. The van der Waals surface area contributed by atoms with Crippen LogP contribution in [-0.2, 0) is 25.7 Å². The molecule has 0 aliphatic carbocycles. The number of aromatic amines is 1. The van der Waals surface area contributed by atoms with Crippen LogP contribution in [0.1, 0.15) is 53.7 Å². The van der Waals surface area contributed by atoms with Gasteiger partial charge < -0.3 is 29.0 Å². The van der Waals surface area contributed by atoms with E-state index in [1.807, 2.05) is 31.2 Å². The van der Waals surface area contributed by atoms with Crippen LogP contribution in [0.4, 0.5) is 0 Å². The van der Waals surface area contributed by atoms with Gasteiger partial charge >= 0.3 is 17.9 Å². The topological polar surface area (TPSA) is 124 Å². The Morgan fingerprint density at radius 2 is 1.66 bits per heavy atom. The van der Waals surface area contributed by atoms with Gasteiger partial charge in [-0.2, -0.15) is 0 Å². The molecule has 0 saturated carbocycles. The number of carbonyl (C=O) groups excluding carboxylic acids is 2. The number of rotatable bonds is 9. The Bertz CT molecular complexity index is 1610. The summed E-state index contributed by atoms with van der Waals surface area (Å²) in [4.78, 5) is 41.1. The van der Waals surface area contributed by atoms with Crippen LogP contribution in [0.2, 0.25) is 0 Å². The van der Waals surface area contributed by atoms with E-state index in [0.29, 0.717) is 28.1 Å². The molecule has 1 fully saturated rings. The normalized spacial score (nSPS) is 15.7. The van der Waals surface area contributed by atoms with Crippen LogP contribution in [0, 0.1) is 5.92 Å². The molecule has 41 heavy (non-hydrogen) atoms. The SMILES string of the molecule is CCOc1cc([C@H](c2c[nH]c3ccccc23)C2C(=O)OC(C)(C)OC2=O)c(Br)cc1OCc1ccc(C(=O)O)cc1. The molecule has 2 heterocycles. The predicted octanol–water partition coefficient (Wildman–Crippen LogP) is 6.19. The number of esters is 2. The number of carboxylic acids is 1. The van der Waals surface area contributed by atoms with Crippen molar-refractivity contribution in [2.24, 2.45) is 5.92 Å². The maximum absolute atomic E-state index is 13.3. The maximum Gasteiger partial charge on any atom is 0.335 e. The summed E-state index contributed by atoms with van der Waals surface area (Å²) in [5, 5.41) is 9.99. The van der Waals surface area contributed by atoms with Gasteiger partial charge in [-0.3, -0.25) is 9.59 Å². The van der Waals surface area contributed by atoms with E-state index in [1.54, 1.807) is 30.5 Å². The van der Waals surface area contributed by atoms with Crippen molar-refractivity contribution in [3.63, 3.8) is 0 Å². The monoisotopic (exact) mass is 621 g/mol. The second kappa shape index (κ2) is 11.3. The van der Waals surface area contributed by atoms with Crippen LogP contribution in [-0.4, -0.2) is 40.4 Å². The van der Waals surface area contributed by atoms with Gasteiger partial charge in [-0.15, -0.1) is 0 Å². The van der Waals surface area contributed by atoms with Crippen molar-refractivity contribution in [2.45, 2.75) is 39.1 Å². The van der Waals surface area contributed by atoms with Crippen molar-refractivity contribution in [3.8, 4) is 11.5 Å². The van der Waals surface area contributed by atoms with Crippen LogP contribution in [0.5, 0.6) is 11.5 Å². The number of para-hydroxylation sites is 1. The van der Waals surface area contributed by atoms with Gasteiger partial charge in [0.1, 0.15) is 6.61 Å². The Labute approximate surface area is 244 Å². The van der Waals surface area contributed by atoms with E-state index in [9.17, 15) is 14.4 Å². The number of carbonyl (C=O) groups is 3. The number of fused-ring (bicyclic) bond motifs is 1. The van der Waals surface area contributed by atoms with Crippen LogP contribution < -0.4 is 9.47 Å². The van der Waals surface area contributed by atoms with Gasteiger partial charge in [0.2, 0.25) is 0 Å². The number of benzene rings is 3. The molecule has 1 aliphatic rings. The van der Waals surface area contributed by atoms with Crippen molar-refractivity contribution >= 4 is 44.7 Å². The maximum atomic E-state index is 13.3. The zero-order chi connectivity index (χ0) is 29.3. The van der Waals surface area contributed by atoms with E-state index >= 15 is 0 Å². The minimum absolute atomic E-state index is 0.161. The lowest BCUT2D eigenvalue weighted by atomic mass is 9.79. The highest BCUT2D eigenvalue weighted by Crippen LogP contribution is 2.46. The van der Waals surface area contributed by atoms with Crippen LogP contribution in [0.15, 0.2) is 71.3 Å². The zero-order valence-corrected chi connectivity index (χ0v) is 24.2. The molecule has 0 radical (unpaired) electrons. The Morgan fingerprint density at radius 3 is 2.32 bits per heavy atom. The summed E-state index contributed by atoms with van der Waals surface area (Å²) in [6.07, 6.45) is 1.79. The molecule has 1 aromatic heterocycles. The van der Waals surface area contributed by atoms with E-state index in [-0.39, 0.29) is 12.2 Å². The first-order valence-corrected chi connectivity index (χ1v) is 13.8. The number of ether oxygens (including phenoxy) is 4. The lowest BCUT2D eigenvalue weighted by molar-refractivity contribution is -0.240. The van der Waals surface area contributed by atoms with Crippen molar-refractivity contribution in [2.75, 3.05) is 6.61 Å². The second-order valence-corrected chi connectivity index (χ2v) is 10.9. The molecule has 212 valence electrons. The summed E-state index contributed by atoms with van der Waals surface area (Å²) in [5.41, 5.74) is 3.12. The highest BCUT2D eigenvalue weighted by Gasteiger charge is 2.49. The number of H-pyrrole nitrogens is 1. The highest BCUT2D eigenvalue weighted by atomic mass is 79.9. The fourth-order valence-corrected chi connectivity index (χ4v) is 5.52. The van der Waals surface area contributed by atoms with Gasteiger partial charge in [0.25, 0.3) is 5.79 Å². The smallest absolute Gasteiger partial charge is 0.335 e. The number of carboxylic acid groups (broad SMARTS) is 1. The number of hydrogen-bond acceptors (Lipinski definition) is 7. The molecule has 2 N–H and O–H groups in total. The number of aromatic carboxylic acids is 1. The number of aromatic nitrogens is 1. The van der Waals surface area contributed by atoms with Gasteiger partial charge in [-0.05, 0) is 53.9 Å². The predicted molar refractivity (Wildman–Crippen MR) is 153 cm³/mol. The lowest BCUT2D eigenvalue weighted by Gasteiger charge is -2.36. The average Bonchev–Trinajstić information content (AvgIpc) is 3.34. The molecular formula is C31H28BrNO8. The third kappa shape index (κ3) is 5.78. The van der Waals surface area contributed by atoms with E-state index in [1.165, 1.54) is 26.0 Å². The standard InChI is InChI=1S/C31H28BrNO8/c1-4-38-24-13-20(22(32)14-25(24)39-16-17-9-11-18(12-10-17)28(34)35)26(21-15-33-23-8-6-5-7-19(21)23)27-29(36)40-31(2,3)41-30(27)37/h5-15,26-27,33H,4,16H2,1-3H3,(H,34,35)/t26-/m1/s1. The molecule has 5 rings (SSSR count).